The van der Waals surface area contributed by atoms with E-state index in [4.69, 9.17) is 0 Å². The van der Waals surface area contributed by atoms with E-state index in [2.05, 4.69) is 18.7 Å². The van der Waals surface area contributed by atoms with E-state index in [-0.39, 0.29) is 0 Å². The highest BCUT2D eigenvalue weighted by atomic mass is 15.3. The van der Waals surface area contributed by atoms with Gasteiger partial charge in [-0.05, 0) is 19.4 Å². The number of nitrogens with zero attached hydrogens (tertiary/aromatic N) is 1. The number of hydrogen-bond acceptors (Lipinski definition) is 1. The average molecular weight is 155 g/mol. The third-order valence-electron chi connectivity index (χ3n) is 2.48. The Labute approximate surface area is 70.8 Å². The van der Waals surface area contributed by atoms with Crippen molar-refractivity contribution in [3.63, 3.8) is 0 Å². The predicted molar refractivity (Wildman–Crippen MR) is 49.8 cm³/mol. The second-order valence-electron chi connectivity index (χ2n) is 3.64. The molecule has 11 heavy (non-hydrogen) atoms. The van der Waals surface area contributed by atoms with Crippen LogP contribution in [0.4, 0.5) is 0 Å². The van der Waals surface area contributed by atoms with Gasteiger partial charge in [-0.2, -0.15) is 0 Å². The van der Waals surface area contributed by atoms with Gasteiger partial charge in [-0.25, -0.2) is 0 Å². The minimum Gasteiger partial charge on any atom is -0.298 e. The monoisotopic (exact) mass is 155 g/mol. The fourth-order valence-corrected chi connectivity index (χ4v) is 1.69. The molecule has 1 heterocycles. The largest absolute Gasteiger partial charge is 0.298 e. The second kappa shape index (κ2) is 4.76. The molecule has 0 saturated carbocycles. The molecule has 66 valence electrons. The summed E-state index contributed by atoms with van der Waals surface area (Å²) in [5.74, 6) is 0. The van der Waals surface area contributed by atoms with Crippen molar-refractivity contribution < 1.29 is 0 Å². The maximum absolute atomic E-state index is 2.59. The summed E-state index contributed by atoms with van der Waals surface area (Å²) in [6.45, 7) is 7.26. The molecule has 2 atom stereocenters. The van der Waals surface area contributed by atoms with Crippen LogP contribution in [0.3, 0.4) is 0 Å². The molecule has 1 saturated heterocycles. The van der Waals surface area contributed by atoms with Crippen LogP contribution in [0.2, 0.25) is 0 Å². The van der Waals surface area contributed by atoms with E-state index >= 15 is 0 Å². The molecule has 1 fully saturated rings. The minimum atomic E-state index is 0.974. The van der Waals surface area contributed by atoms with Gasteiger partial charge in [0.05, 0.1) is 0 Å². The van der Waals surface area contributed by atoms with E-state index in [1.54, 1.807) is 0 Å². The van der Waals surface area contributed by atoms with Crippen LogP contribution < -0.4 is 0 Å². The van der Waals surface area contributed by atoms with Crippen molar-refractivity contribution in [2.75, 3.05) is 13.1 Å². The lowest BCUT2D eigenvalue weighted by molar-refractivity contribution is 0.477. The quantitative estimate of drug-likeness (QED) is 0.421. The first-order valence-electron chi connectivity index (χ1n) is 5.12. The van der Waals surface area contributed by atoms with Crippen molar-refractivity contribution in [1.82, 2.24) is 4.90 Å². The van der Waals surface area contributed by atoms with E-state index in [0.717, 1.165) is 6.04 Å². The first kappa shape index (κ1) is 9.05. The van der Waals surface area contributed by atoms with Gasteiger partial charge in [0, 0.05) is 12.6 Å². The van der Waals surface area contributed by atoms with Crippen molar-refractivity contribution in [2.45, 2.75) is 52.0 Å². The summed E-state index contributed by atoms with van der Waals surface area (Å²) in [6, 6.07) is 0.974. The molecule has 0 aromatic heterocycles. The van der Waals surface area contributed by atoms with Crippen LogP contribution in [0.5, 0.6) is 0 Å². The molecule has 2 unspecified atom stereocenters. The smallest absolute Gasteiger partial charge is 0.0223 e. The summed E-state index contributed by atoms with van der Waals surface area (Å²) in [5, 5.41) is 0. The molecule has 0 aromatic rings. The van der Waals surface area contributed by atoms with Crippen LogP contribution >= 0.6 is 0 Å². The van der Waals surface area contributed by atoms with Gasteiger partial charge >= 0.3 is 0 Å². The van der Waals surface area contributed by atoms with Gasteiger partial charge in [0.15, 0.2) is 0 Å². The lowest BCUT2D eigenvalue weighted by Crippen LogP contribution is -2.02. The van der Waals surface area contributed by atoms with E-state index < -0.39 is 0 Å². The molecule has 1 rings (SSSR count). The Bertz CT molecular complexity index is 101. The fraction of sp³-hybridized carbons (Fsp3) is 1.00. The SMILES string of the molecule is CCCCCC1CN1CCC. The van der Waals surface area contributed by atoms with Crippen molar-refractivity contribution in [3.8, 4) is 0 Å². The highest BCUT2D eigenvalue weighted by Gasteiger charge is 2.31. The Balaban J connectivity index is 1.87. The molecule has 0 N–H and O–H groups in total. The lowest BCUT2D eigenvalue weighted by atomic mass is 10.2. The molecule has 1 heteroatoms. The Hall–Kier alpha value is -0.0400. The van der Waals surface area contributed by atoms with Crippen LogP contribution in [0.15, 0.2) is 0 Å². The Morgan fingerprint density at radius 2 is 2.00 bits per heavy atom. The topological polar surface area (TPSA) is 3.01 Å². The third-order valence-corrected chi connectivity index (χ3v) is 2.48. The molecular formula is C10H21N. The summed E-state index contributed by atoms with van der Waals surface area (Å²) in [6.07, 6.45) is 7.01. The molecule has 0 aromatic carbocycles. The zero-order valence-corrected chi connectivity index (χ0v) is 7.97. The van der Waals surface area contributed by atoms with Gasteiger partial charge in [0.2, 0.25) is 0 Å². The van der Waals surface area contributed by atoms with Crippen LogP contribution in [-0.2, 0) is 0 Å². The van der Waals surface area contributed by atoms with Gasteiger partial charge in [-0.15, -0.1) is 0 Å². The Morgan fingerprint density at radius 1 is 1.18 bits per heavy atom. The summed E-state index contributed by atoms with van der Waals surface area (Å²) in [4.78, 5) is 2.59. The normalized spacial score (nSPS) is 28.9. The zero-order valence-electron chi connectivity index (χ0n) is 7.97. The number of unbranched alkanes of at least 4 members (excludes halogenated alkanes) is 2. The molecule has 0 amide bonds. The molecule has 1 nitrogen and oxygen atoms in total. The Kier molecular flexibility index (Phi) is 3.92. The maximum atomic E-state index is 2.59. The van der Waals surface area contributed by atoms with Crippen LogP contribution in [0.25, 0.3) is 0 Å². The van der Waals surface area contributed by atoms with Crippen molar-refractivity contribution >= 4 is 0 Å². The summed E-state index contributed by atoms with van der Waals surface area (Å²) >= 11 is 0. The predicted octanol–water partition coefficient (Wildman–Crippen LogP) is 2.66. The third kappa shape index (κ3) is 3.24. The van der Waals surface area contributed by atoms with Crippen molar-refractivity contribution in [2.24, 2.45) is 0 Å². The Morgan fingerprint density at radius 3 is 2.64 bits per heavy atom. The second-order valence-corrected chi connectivity index (χ2v) is 3.64. The molecule has 0 radical (unpaired) electrons. The van der Waals surface area contributed by atoms with E-state index in [1.807, 2.05) is 0 Å². The zero-order chi connectivity index (χ0) is 8.10. The van der Waals surface area contributed by atoms with Gasteiger partial charge in [0.1, 0.15) is 0 Å². The van der Waals surface area contributed by atoms with Crippen molar-refractivity contribution in [1.29, 1.82) is 0 Å². The lowest BCUT2D eigenvalue weighted by Gasteiger charge is -1.99. The maximum Gasteiger partial charge on any atom is 0.0223 e. The first-order chi connectivity index (χ1) is 5.38. The number of hydrogen-bond donors (Lipinski definition) is 0. The standard InChI is InChI=1S/C10H21N/c1-3-5-6-7-10-9-11(10)8-4-2/h10H,3-9H2,1-2H3. The van der Waals surface area contributed by atoms with E-state index in [1.165, 1.54) is 45.2 Å². The van der Waals surface area contributed by atoms with E-state index in [9.17, 15) is 0 Å². The van der Waals surface area contributed by atoms with E-state index in [0.29, 0.717) is 0 Å². The minimum absolute atomic E-state index is 0.974. The van der Waals surface area contributed by atoms with Gasteiger partial charge < -0.3 is 0 Å². The summed E-state index contributed by atoms with van der Waals surface area (Å²) < 4.78 is 0. The number of rotatable bonds is 6. The molecule has 0 spiro atoms. The molecule has 0 bridgehead atoms. The highest BCUT2D eigenvalue weighted by Crippen LogP contribution is 2.22. The van der Waals surface area contributed by atoms with Gasteiger partial charge in [-0.1, -0.05) is 33.1 Å². The molecule has 0 aliphatic carbocycles. The summed E-state index contributed by atoms with van der Waals surface area (Å²) in [7, 11) is 0. The molecule has 1 aliphatic heterocycles. The summed E-state index contributed by atoms with van der Waals surface area (Å²) in [5.41, 5.74) is 0. The van der Waals surface area contributed by atoms with Crippen LogP contribution in [0, 0.1) is 0 Å². The van der Waals surface area contributed by atoms with Gasteiger partial charge in [-0.3, -0.25) is 4.90 Å². The molecule has 1 aliphatic rings. The van der Waals surface area contributed by atoms with Crippen LogP contribution in [-0.4, -0.2) is 24.0 Å². The molecular weight excluding hydrogens is 134 g/mol. The first-order valence-corrected chi connectivity index (χ1v) is 5.12. The van der Waals surface area contributed by atoms with Crippen LogP contribution in [0.1, 0.15) is 46.0 Å². The van der Waals surface area contributed by atoms with Gasteiger partial charge in [0.25, 0.3) is 0 Å². The fourth-order valence-electron chi connectivity index (χ4n) is 1.69. The average Bonchev–Trinajstić information content (AvgIpc) is 2.70. The highest BCUT2D eigenvalue weighted by molar-refractivity contribution is 4.87. The van der Waals surface area contributed by atoms with Crippen molar-refractivity contribution in [3.05, 3.63) is 0 Å².